The van der Waals surface area contributed by atoms with Crippen LogP contribution in [0.4, 0.5) is 24.9 Å². The first-order valence-electron chi connectivity index (χ1n) is 13.8. The van der Waals surface area contributed by atoms with Crippen molar-refractivity contribution in [3.05, 3.63) is 53.0 Å². The van der Waals surface area contributed by atoms with Gasteiger partial charge in [-0.25, -0.2) is 9.97 Å². The zero-order valence-corrected chi connectivity index (χ0v) is 26.7. The minimum atomic E-state index is -4.29. The van der Waals surface area contributed by atoms with Crippen LogP contribution in [0.3, 0.4) is 0 Å². The average molecular weight is 653 g/mol. The number of alkyl halides is 3. The number of hydrogen-bond donors (Lipinski definition) is 2. The number of rotatable bonds is 11. The molecule has 0 bridgehead atoms. The van der Waals surface area contributed by atoms with Crippen LogP contribution in [-0.2, 0) is 17.7 Å². The van der Waals surface area contributed by atoms with Gasteiger partial charge in [0, 0.05) is 50.4 Å². The molecule has 238 valence electrons. The molecule has 44 heavy (non-hydrogen) atoms. The van der Waals surface area contributed by atoms with Crippen LogP contribution in [0, 0.1) is 0 Å². The molecule has 0 amide bonds. The van der Waals surface area contributed by atoms with Crippen molar-refractivity contribution >= 4 is 45.7 Å². The van der Waals surface area contributed by atoms with Gasteiger partial charge in [0.05, 0.1) is 38.2 Å². The van der Waals surface area contributed by atoms with E-state index in [0.717, 1.165) is 40.9 Å². The summed E-state index contributed by atoms with van der Waals surface area (Å²) in [4.78, 5) is 16.1. The maximum absolute atomic E-state index is 13.1. The van der Waals surface area contributed by atoms with Crippen molar-refractivity contribution in [2.75, 3.05) is 45.6 Å². The van der Waals surface area contributed by atoms with Gasteiger partial charge in [-0.15, -0.1) is 23.7 Å². The summed E-state index contributed by atoms with van der Waals surface area (Å²) in [7, 11) is 8.45. The SMILES string of the molecule is CNc1nc(N(C)[C@H]2C[C@@H](NCc3ccc(-c4cnc(OC)c(OC)c4)cc3)C[C@@H]2OC)c2cc(CC(F)(F)F)sc2n1.Cl. The second kappa shape index (κ2) is 14.1. The van der Waals surface area contributed by atoms with Gasteiger partial charge in [-0.3, -0.25) is 0 Å². The number of halogens is 4. The second-order valence-corrected chi connectivity index (χ2v) is 11.6. The van der Waals surface area contributed by atoms with E-state index >= 15 is 0 Å². The highest BCUT2D eigenvalue weighted by Gasteiger charge is 2.38. The minimum Gasteiger partial charge on any atom is -0.491 e. The van der Waals surface area contributed by atoms with Crippen LogP contribution in [0.2, 0.25) is 0 Å². The van der Waals surface area contributed by atoms with Crippen molar-refractivity contribution < 1.29 is 27.4 Å². The summed E-state index contributed by atoms with van der Waals surface area (Å²) in [5, 5.41) is 7.21. The van der Waals surface area contributed by atoms with E-state index in [1.165, 1.54) is 0 Å². The first kappa shape index (κ1) is 33.5. The van der Waals surface area contributed by atoms with E-state index in [1.54, 1.807) is 40.6 Å². The molecule has 9 nitrogen and oxygen atoms in total. The molecule has 0 unspecified atom stereocenters. The zero-order valence-electron chi connectivity index (χ0n) is 25.1. The summed E-state index contributed by atoms with van der Waals surface area (Å²) in [6.45, 7) is 0.676. The zero-order chi connectivity index (χ0) is 30.7. The maximum atomic E-state index is 13.1. The van der Waals surface area contributed by atoms with Crippen molar-refractivity contribution in [2.45, 2.75) is 50.2 Å². The standard InChI is InChI=1S/C30H35F3N6O3S.ClH/c1-34-29-37-26(22-13-21(14-30(31,32)33)43-28(22)38-29)39(2)23-11-20(12-24(23)40-3)35-15-17-6-8-18(9-7-17)19-10-25(41-4)27(42-5)36-16-19;/h6-10,13,16,20,23-24,35H,11-12,14-15H2,1-5H3,(H,34,37,38);1H/t20-,23+,24+;/m1./s1. The van der Waals surface area contributed by atoms with Gasteiger partial charge in [-0.2, -0.15) is 18.2 Å². The van der Waals surface area contributed by atoms with Crippen LogP contribution in [0.5, 0.6) is 11.6 Å². The Kier molecular flexibility index (Phi) is 10.8. The number of pyridine rings is 1. The molecule has 1 saturated carbocycles. The summed E-state index contributed by atoms with van der Waals surface area (Å²) in [5.41, 5.74) is 3.08. The first-order chi connectivity index (χ1) is 20.6. The van der Waals surface area contributed by atoms with Crippen molar-refractivity contribution in [3.63, 3.8) is 0 Å². The Balaban J connectivity index is 0.00000442. The molecule has 0 saturated heterocycles. The van der Waals surface area contributed by atoms with Crippen LogP contribution in [0.1, 0.15) is 23.3 Å². The molecule has 1 aromatic carbocycles. The van der Waals surface area contributed by atoms with E-state index in [0.29, 0.717) is 40.2 Å². The third kappa shape index (κ3) is 7.45. The Morgan fingerprint density at radius 1 is 1.02 bits per heavy atom. The number of ether oxygens (including phenoxy) is 3. The molecule has 0 radical (unpaired) electrons. The van der Waals surface area contributed by atoms with Gasteiger partial charge in [0.1, 0.15) is 10.6 Å². The van der Waals surface area contributed by atoms with Gasteiger partial charge in [0.15, 0.2) is 5.75 Å². The lowest BCUT2D eigenvalue weighted by Gasteiger charge is -2.30. The summed E-state index contributed by atoms with van der Waals surface area (Å²) in [6.07, 6.45) is -2.04. The second-order valence-electron chi connectivity index (χ2n) is 10.5. The van der Waals surface area contributed by atoms with Crippen LogP contribution in [-0.4, -0.2) is 74.7 Å². The highest BCUT2D eigenvalue weighted by atomic mass is 35.5. The number of thiophene rings is 1. The first-order valence-corrected chi connectivity index (χ1v) is 14.6. The molecule has 0 aliphatic heterocycles. The van der Waals surface area contributed by atoms with Crippen molar-refractivity contribution in [2.24, 2.45) is 0 Å². The Morgan fingerprint density at radius 2 is 1.77 bits per heavy atom. The number of nitrogens with one attached hydrogen (secondary N) is 2. The van der Waals surface area contributed by atoms with E-state index in [2.05, 4.69) is 49.9 Å². The molecule has 3 aromatic heterocycles. The number of fused-ring (bicyclic) bond motifs is 1. The van der Waals surface area contributed by atoms with Crippen molar-refractivity contribution in [1.82, 2.24) is 20.3 Å². The summed E-state index contributed by atoms with van der Waals surface area (Å²) in [5.74, 6) is 1.97. The number of anilines is 2. The smallest absolute Gasteiger partial charge is 0.393 e. The molecule has 4 aromatic rings. The van der Waals surface area contributed by atoms with Gasteiger partial charge >= 0.3 is 6.18 Å². The van der Waals surface area contributed by atoms with Crippen molar-refractivity contribution in [1.29, 1.82) is 0 Å². The largest absolute Gasteiger partial charge is 0.491 e. The Bertz CT molecular complexity index is 1560. The monoisotopic (exact) mass is 652 g/mol. The number of likely N-dealkylation sites (N-methyl/N-ethyl adjacent to an activating group) is 1. The van der Waals surface area contributed by atoms with Crippen molar-refractivity contribution in [3.8, 4) is 22.8 Å². The van der Waals surface area contributed by atoms with Crippen LogP contribution < -0.4 is 25.0 Å². The average Bonchev–Trinajstić information content (AvgIpc) is 3.61. The lowest BCUT2D eigenvalue weighted by molar-refractivity contribution is -0.126. The van der Waals surface area contributed by atoms with Crippen LogP contribution in [0.25, 0.3) is 21.3 Å². The Labute approximate surface area is 264 Å². The predicted octanol–water partition coefficient (Wildman–Crippen LogP) is 6.11. The van der Waals surface area contributed by atoms with Gasteiger partial charge in [0.2, 0.25) is 5.95 Å². The number of aromatic nitrogens is 3. The fourth-order valence-electron chi connectivity index (χ4n) is 5.55. The topological polar surface area (TPSA) is 93.7 Å². The van der Waals surface area contributed by atoms with Crippen LogP contribution in [0.15, 0.2) is 42.6 Å². The predicted molar refractivity (Wildman–Crippen MR) is 170 cm³/mol. The van der Waals surface area contributed by atoms with Crippen LogP contribution >= 0.6 is 23.7 Å². The molecule has 2 N–H and O–H groups in total. The molecule has 5 rings (SSSR count). The summed E-state index contributed by atoms with van der Waals surface area (Å²) < 4.78 is 55.8. The number of benzene rings is 1. The molecule has 3 atom stereocenters. The molecular formula is C30H36ClF3N6O3S. The molecule has 0 spiro atoms. The highest BCUT2D eigenvalue weighted by molar-refractivity contribution is 7.18. The molecule has 14 heteroatoms. The van der Waals surface area contributed by atoms with Gasteiger partial charge in [-0.05, 0) is 36.1 Å². The normalized spacial score (nSPS) is 18.2. The Hall–Kier alpha value is -3.39. The number of hydrogen-bond acceptors (Lipinski definition) is 10. The Morgan fingerprint density at radius 3 is 2.41 bits per heavy atom. The maximum Gasteiger partial charge on any atom is 0.393 e. The van der Waals surface area contributed by atoms with Gasteiger partial charge < -0.3 is 29.7 Å². The van der Waals surface area contributed by atoms with E-state index in [-0.39, 0.29) is 35.5 Å². The third-order valence-electron chi connectivity index (χ3n) is 7.74. The minimum absolute atomic E-state index is 0. The molecular weight excluding hydrogens is 617 g/mol. The van der Waals surface area contributed by atoms with Gasteiger partial charge in [0.25, 0.3) is 5.88 Å². The number of nitrogens with zero attached hydrogens (tertiary/aromatic N) is 4. The highest BCUT2D eigenvalue weighted by Crippen LogP contribution is 2.38. The fraction of sp³-hybridized carbons (Fsp3) is 0.433. The van der Waals surface area contributed by atoms with E-state index in [9.17, 15) is 13.2 Å². The van der Waals surface area contributed by atoms with E-state index in [1.807, 2.05) is 18.0 Å². The lowest BCUT2D eigenvalue weighted by Crippen LogP contribution is -2.39. The lowest BCUT2D eigenvalue weighted by atomic mass is 10.1. The van der Waals surface area contributed by atoms with E-state index < -0.39 is 12.6 Å². The molecule has 1 aliphatic rings. The summed E-state index contributed by atoms with van der Waals surface area (Å²) >= 11 is 1.05. The third-order valence-corrected chi connectivity index (χ3v) is 8.77. The quantitative estimate of drug-likeness (QED) is 0.199. The molecule has 1 fully saturated rings. The molecule has 3 heterocycles. The van der Waals surface area contributed by atoms with E-state index in [4.69, 9.17) is 14.2 Å². The fourth-order valence-corrected chi connectivity index (χ4v) is 6.60. The molecule has 1 aliphatic carbocycles. The number of methoxy groups -OCH3 is 3. The van der Waals surface area contributed by atoms with Gasteiger partial charge in [-0.1, -0.05) is 24.3 Å². The summed E-state index contributed by atoms with van der Waals surface area (Å²) in [6, 6.07) is 11.9.